The number of hydrogen-bond acceptors (Lipinski definition) is 2. The number of aldehydes is 1. The second-order valence-electron chi connectivity index (χ2n) is 7.88. The number of unbranched alkanes of at least 4 members (excludes halogenated alkanes) is 2. The first-order chi connectivity index (χ1) is 10.9. The molecule has 0 spiro atoms. The lowest BCUT2D eigenvalue weighted by atomic mass is 9.73. The lowest BCUT2D eigenvalue weighted by Gasteiger charge is -2.32. The van der Waals surface area contributed by atoms with E-state index in [1.807, 2.05) is 0 Å². The molecule has 3 atom stereocenters. The van der Waals surface area contributed by atoms with E-state index in [4.69, 9.17) is 0 Å². The smallest absolute Gasteiger partial charge is 0.120 e. The average molecular weight is 325 g/mol. The Morgan fingerprint density at radius 3 is 2.30 bits per heavy atom. The predicted octanol–water partition coefficient (Wildman–Crippen LogP) is 5.93. The maximum Gasteiger partial charge on any atom is 0.120 e. The van der Waals surface area contributed by atoms with E-state index >= 15 is 0 Å². The number of aliphatic hydroxyl groups excluding tert-OH is 1. The zero-order valence-electron chi connectivity index (χ0n) is 16.2. The van der Waals surface area contributed by atoms with Crippen LogP contribution in [0.2, 0.25) is 0 Å². The normalized spacial score (nSPS) is 17.3. The molecule has 0 bridgehead atoms. The number of carbonyl (C=O) groups is 1. The van der Waals surface area contributed by atoms with Gasteiger partial charge in [0.15, 0.2) is 0 Å². The van der Waals surface area contributed by atoms with Gasteiger partial charge in [-0.25, -0.2) is 0 Å². The molecule has 0 aromatic rings. The van der Waals surface area contributed by atoms with E-state index in [1.54, 1.807) is 0 Å². The van der Waals surface area contributed by atoms with Crippen LogP contribution in [0.15, 0.2) is 12.2 Å². The Balaban J connectivity index is 4.35. The second-order valence-corrected chi connectivity index (χ2v) is 7.88. The summed E-state index contributed by atoms with van der Waals surface area (Å²) in [4.78, 5) is 11.1. The minimum atomic E-state index is -0.179. The van der Waals surface area contributed by atoms with Crippen molar-refractivity contribution in [2.45, 2.75) is 98.5 Å². The minimum Gasteiger partial charge on any atom is -0.393 e. The Hall–Kier alpha value is -0.630. The second kappa shape index (κ2) is 12.8. The number of rotatable bonds is 14. The lowest BCUT2D eigenvalue weighted by molar-refractivity contribution is -0.109. The van der Waals surface area contributed by atoms with Crippen molar-refractivity contribution in [2.75, 3.05) is 0 Å². The zero-order chi connectivity index (χ0) is 17.7. The van der Waals surface area contributed by atoms with Crippen LogP contribution in [-0.4, -0.2) is 17.5 Å². The molecular formula is C21H40O2. The topological polar surface area (TPSA) is 37.3 Å². The summed E-state index contributed by atoms with van der Waals surface area (Å²) in [6, 6.07) is 0. The first-order valence-electron chi connectivity index (χ1n) is 9.65. The highest BCUT2D eigenvalue weighted by atomic mass is 16.3. The monoisotopic (exact) mass is 324 g/mol. The molecule has 2 nitrogen and oxygen atoms in total. The SMILES string of the molecule is CCCCCC(O)CCC=CC(C)(CC=O)C(C)CCC(C)C. The van der Waals surface area contributed by atoms with Crippen molar-refractivity contribution < 1.29 is 9.90 Å². The fourth-order valence-electron chi connectivity index (χ4n) is 2.94. The molecule has 0 aliphatic carbocycles. The molecule has 2 heteroatoms. The minimum absolute atomic E-state index is 0.0518. The van der Waals surface area contributed by atoms with Gasteiger partial charge in [0.25, 0.3) is 0 Å². The first-order valence-corrected chi connectivity index (χ1v) is 9.65. The van der Waals surface area contributed by atoms with E-state index in [-0.39, 0.29) is 11.5 Å². The third-order valence-electron chi connectivity index (χ3n) is 5.13. The molecule has 0 aliphatic heterocycles. The highest BCUT2D eigenvalue weighted by molar-refractivity contribution is 5.51. The first kappa shape index (κ1) is 22.4. The number of allylic oxidation sites excluding steroid dienone is 2. The van der Waals surface area contributed by atoms with E-state index in [1.165, 1.54) is 19.3 Å². The van der Waals surface area contributed by atoms with E-state index in [2.05, 4.69) is 46.8 Å². The summed E-state index contributed by atoms with van der Waals surface area (Å²) in [7, 11) is 0. The predicted molar refractivity (Wildman–Crippen MR) is 101 cm³/mol. The third kappa shape index (κ3) is 10.7. The zero-order valence-corrected chi connectivity index (χ0v) is 16.2. The Morgan fingerprint density at radius 1 is 1.04 bits per heavy atom. The Labute approximate surface area is 144 Å². The van der Waals surface area contributed by atoms with Crippen molar-refractivity contribution in [2.24, 2.45) is 17.3 Å². The van der Waals surface area contributed by atoms with Crippen molar-refractivity contribution in [1.29, 1.82) is 0 Å². The summed E-state index contributed by atoms with van der Waals surface area (Å²) in [5, 5.41) is 9.97. The Morgan fingerprint density at radius 2 is 1.74 bits per heavy atom. The fraction of sp³-hybridized carbons (Fsp3) is 0.857. The largest absolute Gasteiger partial charge is 0.393 e. The summed E-state index contributed by atoms with van der Waals surface area (Å²) in [5.41, 5.74) is -0.0518. The van der Waals surface area contributed by atoms with E-state index < -0.39 is 0 Å². The summed E-state index contributed by atoms with van der Waals surface area (Å²) in [5.74, 6) is 1.21. The van der Waals surface area contributed by atoms with Crippen LogP contribution in [0.1, 0.15) is 92.4 Å². The Bertz CT molecular complexity index is 322. The molecule has 1 N–H and O–H groups in total. The standard InChI is InChI=1S/C21H40O2/c1-6-7-8-11-20(23)12-9-10-15-21(5,16-17-22)19(4)14-13-18(2)3/h10,15,17-20,23H,6-9,11-14,16H2,1-5H3. The fourth-order valence-corrected chi connectivity index (χ4v) is 2.94. The highest BCUT2D eigenvalue weighted by Crippen LogP contribution is 2.36. The molecule has 0 rings (SSSR count). The number of carbonyl (C=O) groups excluding carboxylic acids is 1. The molecule has 136 valence electrons. The maximum atomic E-state index is 11.1. The van der Waals surface area contributed by atoms with Crippen LogP contribution in [0.5, 0.6) is 0 Å². The molecule has 0 fully saturated rings. The van der Waals surface area contributed by atoms with Gasteiger partial charge in [-0.1, -0.05) is 72.5 Å². The van der Waals surface area contributed by atoms with Gasteiger partial charge >= 0.3 is 0 Å². The van der Waals surface area contributed by atoms with E-state index in [9.17, 15) is 9.90 Å². The van der Waals surface area contributed by atoms with Crippen LogP contribution in [0.3, 0.4) is 0 Å². The molecular weight excluding hydrogens is 284 g/mol. The van der Waals surface area contributed by atoms with Gasteiger partial charge in [-0.2, -0.15) is 0 Å². The van der Waals surface area contributed by atoms with Gasteiger partial charge < -0.3 is 9.90 Å². The van der Waals surface area contributed by atoms with E-state index in [0.29, 0.717) is 18.3 Å². The molecule has 23 heavy (non-hydrogen) atoms. The van der Waals surface area contributed by atoms with Gasteiger partial charge in [0.2, 0.25) is 0 Å². The van der Waals surface area contributed by atoms with Gasteiger partial charge in [0.05, 0.1) is 6.10 Å². The molecule has 0 aliphatic rings. The molecule has 0 aromatic heterocycles. The molecule has 0 saturated carbocycles. The summed E-state index contributed by atoms with van der Waals surface area (Å²) in [6.07, 6.45) is 14.4. The van der Waals surface area contributed by atoms with E-state index in [0.717, 1.165) is 38.4 Å². The number of hydrogen-bond donors (Lipinski definition) is 1. The van der Waals surface area contributed by atoms with Crippen LogP contribution < -0.4 is 0 Å². The van der Waals surface area contributed by atoms with Crippen molar-refractivity contribution >= 4 is 6.29 Å². The summed E-state index contributed by atoms with van der Waals surface area (Å²) >= 11 is 0. The summed E-state index contributed by atoms with van der Waals surface area (Å²) < 4.78 is 0. The van der Waals surface area contributed by atoms with Crippen LogP contribution in [0.25, 0.3) is 0 Å². The van der Waals surface area contributed by atoms with Crippen LogP contribution in [0.4, 0.5) is 0 Å². The lowest BCUT2D eigenvalue weighted by Crippen LogP contribution is -2.24. The molecule has 0 radical (unpaired) electrons. The van der Waals surface area contributed by atoms with Gasteiger partial charge in [-0.05, 0) is 42.9 Å². The van der Waals surface area contributed by atoms with Crippen LogP contribution in [0, 0.1) is 17.3 Å². The van der Waals surface area contributed by atoms with Gasteiger partial charge in [0, 0.05) is 6.42 Å². The maximum absolute atomic E-state index is 11.1. The third-order valence-corrected chi connectivity index (χ3v) is 5.13. The number of aliphatic hydroxyl groups is 1. The average Bonchev–Trinajstić information content (AvgIpc) is 2.49. The van der Waals surface area contributed by atoms with Crippen molar-refractivity contribution in [1.82, 2.24) is 0 Å². The van der Waals surface area contributed by atoms with Crippen molar-refractivity contribution in [3.63, 3.8) is 0 Å². The van der Waals surface area contributed by atoms with Gasteiger partial charge in [-0.3, -0.25) is 0 Å². The van der Waals surface area contributed by atoms with Gasteiger partial charge in [-0.15, -0.1) is 0 Å². The molecule has 0 amide bonds. The molecule has 0 saturated heterocycles. The van der Waals surface area contributed by atoms with Crippen LogP contribution in [-0.2, 0) is 4.79 Å². The summed E-state index contributed by atoms with van der Waals surface area (Å²) in [6.45, 7) is 11.1. The quantitative estimate of drug-likeness (QED) is 0.244. The Kier molecular flexibility index (Phi) is 12.4. The molecule has 0 heterocycles. The molecule has 0 aromatic carbocycles. The van der Waals surface area contributed by atoms with Crippen molar-refractivity contribution in [3.8, 4) is 0 Å². The van der Waals surface area contributed by atoms with Crippen molar-refractivity contribution in [3.05, 3.63) is 12.2 Å². The molecule has 3 unspecified atom stereocenters. The highest BCUT2D eigenvalue weighted by Gasteiger charge is 2.27. The van der Waals surface area contributed by atoms with Crippen LogP contribution >= 0.6 is 0 Å². The van der Waals surface area contributed by atoms with Gasteiger partial charge in [0.1, 0.15) is 6.29 Å².